The second-order valence-electron chi connectivity index (χ2n) is 5.22. The van der Waals surface area contributed by atoms with Crippen molar-refractivity contribution in [1.82, 2.24) is 0 Å². The molecule has 25 heavy (non-hydrogen) atoms. The molecule has 8 nitrogen and oxygen atoms in total. The van der Waals surface area contributed by atoms with Gasteiger partial charge in [0.05, 0.1) is 28.2 Å². The van der Waals surface area contributed by atoms with Gasteiger partial charge in [0.25, 0.3) is 15.7 Å². The molecule has 0 aliphatic heterocycles. The van der Waals surface area contributed by atoms with Crippen LogP contribution >= 0.6 is 0 Å². The van der Waals surface area contributed by atoms with Gasteiger partial charge in [0.2, 0.25) is 0 Å². The van der Waals surface area contributed by atoms with Gasteiger partial charge >= 0.3 is 5.97 Å². The van der Waals surface area contributed by atoms with Crippen LogP contribution < -0.4 is 4.31 Å². The summed E-state index contributed by atoms with van der Waals surface area (Å²) in [5, 5.41) is 10.9. The highest BCUT2D eigenvalue weighted by atomic mass is 32.2. The third-order valence-electron chi connectivity index (χ3n) is 3.65. The van der Waals surface area contributed by atoms with E-state index in [0.29, 0.717) is 5.56 Å². The zero-order valence-corrected chi connectivity index (χ0v) is 14.6. The summed E-state index contributed by atoms with van der Waals surface area (Å²) in [6, 6.07) is 9.54. The molecule has 0 saturated heterocycles. The Morgan fingerprint density at radius 1 is 1.20 bits per heavy atom. The molecule has 0 aromatic heterocycles. The Balaban J connectivity index is 2.52. The summed E-state index contributed by atoms with van der Waals surface area (Å²) >= 11 is 0. The first-order chi connectivity index (χ1) is 11.7. The Labute approximate surface area is 144 Å². The van der Waals surface area contributed by atoms with Crippen molar-refractivity contribution < 1.29 is 22.9 Å². The number of aryl methyl sites for hydroxylation is 1. The molecular formula is C16H16N2O6S. The Morgan fingerprint density at radius 2 is 1.88 bits per heavy atom. The van der Waals surface area contributed by atoms with Crippen molar-refractivity contribution >= 4 is 27.4 Å². The van der Waals surface area contributed by atoms with E-state index in [9.17, 15) is 23.3 Å². The fourth-order valence-electron chi connectivity index (χ4n) is 2.21. The maximum absolute atomic E-state index is 12.9. The van der Waals surface area contributed by atoms with Crippen molar-refractivity contribution in [3.05, 3.63) is 63.7 Å². The highest BCUT2D eigenvalue weighted by Crippen LogP contribution is 2.28. The number of methoxy groups -OCH3 is 1. The van der Waals surface area contributed by atoms with E-state index in [1.54, 1.807) is 6.92 Å². The molecule has 0 bridgehead atoms. The van der Waals surface area contributed by atoms with Gasteiger partial charge in [0, 0.05) is 19.2 Å². The van der Waals surface area contributed by atoms with Gasteiger partial charge in [-0.15, -0.1) is 0 Å². The SMILES string of the molecule is COC(=O)c1cccc(N(C)S(=O)(=O)c2cc([N+](=O)[O-])ccc2C)c1. The normalized spacial score (nSPS) is 11.0. The van der Waals surface area contributed by atoms with E-state index in [0.717, 1.165) is 10.4 Å². The van der Waals surface area contributed by atoms with Crippen molar-refractivity contribution in [1.29, 1.82) is 0 Å². The number of carbonyl (C=O) groups is 1. The molecule has 0 unspecified atom stereocenters. The van der Waals surface area contributed by atoms with Crippen LogP contribution in [0.2, 0.25) is 0 Å². The lowest BCUT2D eigenvalue weighted by Crippen LogP contribution is -2.27. The number of ether oxygens (including phenoxy) is 1. The van der Waals surface area contributed by atoms with Crippen LogP contribution in [-0.4, -0.2) is 33.5 Å². The maximum Gasteiger partial charge on any atom is 0.337 e. The van der Waals surface area contributed by atoms with Crippen LogP contribution in [0.1, 0.15) is 15.9 Å². The quantitative estimate of drug-likeness (QED) is 0.458. The number of sulfonamides is 1. The van der Waals surface area contributed by atoms with Gasteiger partial charge in [0.15, 0.2) is 0 Å². The first-order valence-corrected chi connectivity index (χ1v) is 8.55. The predicted octanol–water partition coefficient (Wildman–Crippen LogP) is 2.51. The number of carbonyl (C=O) groups excluding carboxylic acids is 1. The smallest absolute Gasteiger partial charge is 0.337 e. The van der Waals surface area contributed by atoms with Gasteiger partial charge in [-0.25, -0.2) is 13.2 Å². The van der Waals surface area contributed by atoms with Crippen LogP contribution in [0.5, 0.6) is 0 Å². The molecule has 9 heteroatoms. The highest BCUT2D eigenvalue weighted by Gasteiger charge is 2.26. The van der Waals surface area contributed by atoms with Crippen LogP contribution in [-0.2, 0) is 14.8 Å². The number of esters is 1. The molecule has 0 aliphatic rings. The molecule has 132 valence electrons. The van der Waals surface area contributed by atoms with Gasteiger partial charge < -0.3 is 4.74 Å². The van der Waals surface area contributed by atoms with Crippen LogP contribution in [0.3, 0.4) is 0 Å². The first kappa shape index (κ1) is 18.4. The minimum atomic E-state index is -4.05. The second kappa shape index (κ2) is 6.89. The molecule has 2 rings (SSSR count). The van der Waals surface area contributed by atoms with Crippen molar-refractivity contribution in [2.24, 2.45) is 0 Å². The molecule has 0 atom stereocenters. The highest BCUT2D eigenvalue weighted by molar-refractivity contribution is 7.92. The van der Waals surface area contributed by atoms with Gasteiger partial charge in [-0.1, -0.05) is 12.1 Å². The van der Waals surface area contributed by atoms with Crippen LogP contribution in [0, 0.1) is 17.0 Å². The van der Waals surface area contributed by atoms with Gasteiger partial charge in [-0.05, 0) is 30.7 Å². The van der Waals surface area contributed by atoms with Crippen molar-refractivity contribution in [2.45, 2.75) is 11.8 Å². The average Bonchev–Trinajstić information content (AvgIpc) is 2.60. The number of nitro groups is 1. The van der Waals surface area contributed by atoms with E-state index in [1.165, 1.54) is 50.6 Å². The molecule has 0 saturated carbocycles. The second-order valence-corrected chi connectivity index (χ2v) is 7.16. The summed E-state index contributed by atoms with van der Waals surface area (Å²) in [7, 11) is -1.52. The lowest BCUT2D eigenvalue weighted by molar-refractivity contribution is -0.385. The predicted molar refractivity (Wildman–Crippen MR) is 91.2 cm³/mol. The third-order valence-corrected chi connectivity index (χ3v) is 5.58. The van der Waals surface area contributed by atoms with E-state index in [-0.39, 0.29) is 21.8 Å². The Morgan fingerprint density at radius 3 is 2.48 bits per heavy atom. The summed E-state index contributed by atoms with van der Waals surface area (Å²) in [6.07, 6.45) is 0. The van der Waals surface area contributed by atoms with E-state index < -0.39 is 20.9 Å². The molecular weight excluding hydrogens is 348 g/mol. The number of benzene rings is 2. The monoisotopic (exact) mass is 364 g/mol. The minimum absolute atomic E-state index is 0.173. The van der Waals surface area contributed by atoms with Gasteiger partial charge in [0.1, 0.15) is 0 Å². The summed E-state index contributed by atoms with van der Waals surface area (Å²) in [6.45, 7) is 1.55. The Bertz CT molecular complexity index is 939. The number of non-ortho nitro benzene ring substituents is 1. The van der Waals surface area contributed by atoms with Crippen LogP contribution in [0.25, 0.3) is 0 Å². The molecule has 2 aromatic rings. The zero-order valence-electron chi connectivity index (χ0n) is 13.8. The first-order valence-electron chi connectivity index (χ1n) is 7.11. The van der Waals surface area contributed by atoms with Crippen molar-refractivity contribution in [2.75, 3.05) is 18.5 Å². The van der Waals surface area contributed by atoms with Crippen molar-refractivity contribution in [3.8, 4) is 0 Å². The topological polar surface area (TPSA) is 107 Å². The van der Waals surface area contributed by atoms with E-state index in [4.69, 9.17) is 0 Å². The lowest BCUT2D eigenvalue weighted by atomic mass is 10.2. The van der Waals surface area contributed by atoms with E-state index in [2.05, 4.69) is 4.74 Å². The van der Waals surface area contributed by atoms with Crippen molar-refractivity contribution in [3.63, 3.8) is 0 Å². The Kier molecular flexibility index (Phi) is 5.07. The Hall–Kier alpha value is -2.94. The number of nitro benzene ring substituents is 1. The molecule has 0 amide bonds. The summed E-state index contributed by atoms with van der Waals surface area (Å²) in [5.74, 6) is -0.598. The van der Waals surface area contributed by atoms with E-state index in [1.807, 2.05) is 0 Å². The summed E-state index contributed by atoms with van der Waals surface area (Å²) in [5.41, 5.74) is 0.481. The molecule has 0 aliphatic carbocycles. The van der Waals surface area contributed by atoms with E-state index >= 15 is 0 Å². The fraction of sp³-hybridized carbons (Fsp3) is 0.188. The molecule has 0 radical (unpaired) electrons. The maximum atomic E-state index is 12.9. The lowest BCUT2D eigenvalue weighted by Gasteiger charge is -2.21. The number of hydrogen-bond acceptors (Lipinski definition) is 6. The third kappa shape index (κ3) is 3.61. The van der Waals surface area contributed by atoms with Crippen LogP contribution in [0.4, 0.5) is 11.4 Å². The summed E-state index contributed by atoms with van der Waals surface area (Å²) in [4.78, 5) is 21.7. The molecule has 0 heterocycles. The summed E-state index contributed by atoms with van der Waals surface area (Å²) < 4.78 is 31.3. The number of rotatable bonds is 5. The molecule has 2 aromatic carbocycles. The number of nitrogens with zero attached hydrogens (tertiary/aromatic N) is 2. The van der Waals surface area contributed by atoms with Gasteiger partial charge in [-0.2, -0.15) is 0 Å². The molecule has 0 spiro atoms. The number of hydrogen-bond donors (Lipinski definition) is 0. The largest absolute Gasteiger partial charge is 0.465 e. The fourth-order valence-corrected chi connectivity index (χ4v) is 3.64. The minimum Gasteiger partial charge on any atom is -0.465 e. The van der Waals surface area contributed by atoms with Crippen LogP contribution in [0.15, 0.2) is 47.4 Å². The zero-order chi connectivity index (χ0) is 18.8. The standard InChI is InChI=1S/C16H16N2O6S/c1-11-7-8-14(18(20)21)10-15(11)25(22,23)17(2)13-6-4-5-12(9-13)16(19)24-3/h4-10H,1-3H3. The number of anilines is 1. The average molecular weight is 364 g/mol. The van der Waals surface area contributed by atoms with Gasteiger partial charge in [-0.3, -0.25) is 14.4 Å². The molecule has 0 N–H and O–H groups in total. The molecule has 0 fully saturated rings.